The molecule has 5 rings (SSSR count). The molecule has 0 spiro atoms. The molecule has 0 amide bonds. The molecule has 9 nitrogen and oxygen atoms in total. The number of methoxy groups -OCH3 is 4. The van der Waals surface area contributed by atoms with Crippen LogP contribution in [0.2, 0.25) is 0 Å². The van der Waals surface area contributed by atoms with Gasteiger partial charge in [-0.15, -0.1) is 0 Å². The Kier molecular flexibility index (Phi) is 8.60. The molecular weight excluding hydrogens is 596 g/mol. The summed E-state index contributed by atoms with van der Waals surface area (Å²) < 4.78 is 46.0. The molecule has 3 aromatic carbocycles. The molecule has 41 heavy (non-hydrogen) atoms. The second kappa shape index (κ2) is 12.3. The number of alkyl halides is 1. The maximum absolute atomic E-state index is 13.8. The zero-order valence-electron chi connectivity index (χ0n) is 23.3. The van der Waals surface area contributed by atoms with Gasteiger partial charge in [-0.1, -0.05) is 22.0 Å². The lowest BCUT2D eigenvalue weighted by Crippen LogP contribution is -2.34. The molecule has 1 unspecified atom stereocenters. The summed E-state index contributed by atoms with van der Waals surface area (Å²) in [5, 5.41) is 0.723. The first-order chi connectivity index (χ1) is 20.0. The maximum atomic E-state index is 13.8. The summed E-state index contributed by atoms with van der Waals surface area (Å²) in [5.41, 5.74) is 3.08. The molecule has 3 aromatic rings. The van der Waals surface area contributed by atoms with Crippen LogP contribution in [0.1, 0.15) is 23.1 Å². The third-order valence-corrected chi connectivity index (χ3v) is 7.52. The predicted octanol–water partition coefficient (Wildman–Crippen LogP) is 5.66. The molecule has 216 valence electrons. The van der Waals surface area contributed by atoms with E-state index < -0.39 is 11.8 Å². The summed E-state index contributed by atoms with van der Waals surface area (Å²) in [6.07, 6.45) is 0.971. The van der Waals surface area contributed by atoms with Gasteiger partial charge in [0, 0.05) is 22.9 Å². The summed E-state index contributed by atoms with van der Waals surface area (Å²) in [5.74, 6) is 1.27. The van der Waals surface area contributed by atoms with Crippen molar-refractivity contribution < 1.29 is 42.7 Å². The number of ether oxygens (including phenoxy) is 8. The van der Waals surface area contributed by atoms with Crippen molar-refractivity contribution in [1.29, 1.82) is 0 Å². The van der Waals surface area contributed by atoms with E-state index in [4.69, 9.17) is 37.9 Å². The molecule has 1 atom stereocenters. The van der Waals surface area contributed by atoms with Crippen LogP contribution in [0.4, 0.5) is 0 Å². The third kappa shape index (κ3) is 5.41. The van der Waals surface area contributed by atoms with E-state index in [1.165, 1.54) is 0 Å². The van der Waals surface area contributed by atoms with Crippen LogP contribution in [0.25, 0.3) is 5.57 Å². The molecule has 0 aliphatic carbocycles. The highest BCUT2D eigenvalue weighted by atomic mass is 79.9. The highest BCUT2D eigenvalue weighted by molar-refractivity contribution is 9.09. The van der Waals surface area contributed by atoms with Gasteiger partial charge in [0.2, 0.25) is 12.5 Å². The van der Waals surface area contributed by atoms with Gasteiger partial charge in [-0.3, -0.25) is 0 Å². The number of hydrogen-bond donors (Lipinski definition) is 0. The van der Waals surface area contributed by atoms with Crippen LogP contribution in [-0.4, -0.2) is 53.1 Å². The molecule has 0 aromatic heterocycles. The number of carbonyl (C=O) groups excluding carboxylic acids is 1. The van der Waals surface area contributed by atoms with Crippen LogP contribution in [-0.2, 0) is 26.5 Å². The Balaban J connectivity index is 1.73. The van der Waals surface area contributed by atoms with Gasteiger partial charge in [0.15, 0.2) is 23.0 Å². The van der Waals surface area contributed by atoms with Crippen molar-refractivity contribution in [3.8, 4) is 34.5 Å². The molecule has 0 bridgehead atoms. The third-order valence-electron chi connectivity index (χ3n) is 6.96. The van der Waals surface area contributed by atoms with E-state index in [1.54, 1.807) is 40.6 Å². The van der Waals surface area contributed by atoms with Crippen molar-refractivity contribution in [2.75, 3.05) is 47.2 Å². The molecule has 0 N–H and O–H groups in total. The molecule has 2 aliphatic heterocycles. The average Bonchev–Trinajstić information content (AvgIpc) is 3.58. The van der Waals surface area contributed by atoms with E-state index in [1.807, 2.05) is 42.5 Å². The summed E-state index contributed by atoms with van der Waals surface area (Å²) in [7, 11) is 6.27. The molecule has 2 heterocycles. The Hall–Kier alpha value is -3.89. The van der Waals surface area contributed by atoms with E-state index in [2.05, 4.69) is 15.9 Å². The zero-order chi connectivity index (χ0) is 29.0. The number of carbonyl (C=O) groups is 1. The highest BCUT2D eigenvalue weighted by Crippen LogP contribution is 2.50. The lowest BCUT2D eigenvalue weighted by molar-refractivity contribution is -0.208. The van der Waals surface area contributed by atoms with Crippen molar-refractivity contribution in [3.05, 3.63) is 76.9 Å². The minimum Gasteiger partial charge on any atom is -0.497 e. The van der Waals surface area contributed by atoms with Gasteiger partial charge in [0.05, 0.1) is 40.6 Å². The first kappa shape index (κ1) is 28.6. The number of halogens is 1. The van der Waals surface area contributed by atoms with Gasteiger partial charge in [-0.2, -0.15) is 0 Å². The fraction of sp³-hybridized carbons (Fsp3) is 0.323. The molecule has 0 saturated heterocycles. The summed E-state index contributed by atoms with van der Waals surface area (Å²) in [6.45, 7) is 0.448. The van der Waals surface area contributed by atoms with Crippen LogP contribution < -0.4 is 28.4 Å². The molecule has 0 fully saturated rings. The predicted molar refractivity (Wildman–Crippen MR) is 154 cm³/mol. The summed E-state index contributed by atoms with van der Waals surface area (Å²) in [4.78, 5) is 13.8. The van der Waals surface area contributed by atoms with E-state index >= 15 is 0 Å². The van der Waals surface area contributed by atoms with Crippen molar-refractivity contribution in [2.45, 2.75) is 18.6 Å². The first-order valence-corrected chi connectivity index (χ1v) is 14.1. The van der Waals surface area contributed by atoms with Gasteiger partial charge in [0.25, 0.3) is 5.79 Å². The zero-order valence-corrected chi connectivity index (χ0v) is 24.9. The standard InChI is InChI=1S/C31H31BrO9/c1-34-22-9-7-21(8-10-22)31(40-13-5-12-32)23(14-19-15-26(35-2)29(37-4)27(16-19)36-3)28(30(33)41-31)20-6-11-24-25(17-20)39-18-38-24/h6-11,15-17H,5,12-14,18H2,1-4H3. The topological polar surface area (TPSA) is 90.9 Å². The van der Waals surface area contributed by atoms with Gasteiger partial charge in [-0.05, 0) is 66.1 Å². The Morgan fingerprint density at radius 2 is 1.56 bits per heavy atom. The molecule has 0 saturated carbocycles. The van der Waals surface area contributed by atoms with E-state index in [0.29, 0.717) is 69.8 Å². The van der Waals surface area contributed by atoms with Crippen LogP contribution in [0.5, 0.6) is 34.5 Å². The molecule has 0 radical (unpaired) electrons. The number of cyclic esters (lactones) is 1. The average molecular weight is 627 g/mol. The number of esters is 1. The highest BCUT2D eigenvalue weighted by Gasteiger charge is 2.51. The van der Waals surface area contributed by atoms with Gasteiger partial charge in [-0.25, -0.2) is 4.79 Å². The van der Waals surface area contributed by atoms with E-state index in [0.717, 1.165) is 10.9 Å². The lowest BCUT2D eigenvalue weighted by atomic mass is 9.87. The van der Waals surface area contributed by atoms with Crippen molar-refractivity contribution in [1.82, 2.24) is 0 Å². The Morgan fingerprint density at radius 1 is 0.854 bits per heavy atom. The smallest absolute Gasteiger partial charge is 0.342 e. The Morgan fingerprint density at radius 3 is 2.20 bits per heavy atom. The first-order valence-electron chi connectivity index (χ1n) is 13.0. The molecule has 2 aliphatic rings. The Labute approximate surface area is 247 Å². The maximum Gasteiger partial charge on any atom is 0.342 e. The van der Waals surface area contributed by atoms with E-state index in [-0.39, 0.29) is 13.2 Å². The van der Waals surface area contributed by atoms with Crippen molar-refractivity contribution in [3.63, 3.8) is 0 Å². The fourth-order valence-corrected chi connectivity index (χ4v) is 5.26. The molecule has 10 heteroatoms. The van der Waals surface area contributed by atoms with Crippen LogP contribution in [0, 0.1) is 0 Å². The molecular formula is C31H31BrO9. The fourth-order valence-electron chi connectivity index (χ4n) is 5.04. The summed E-state index contributed by atoms with van der Waals surface area (Å²) in [6, 6.07) is 16.4. The minimum absolute atomic E-state index is 0.117. The van der Waals surface area contributed by atoms with Gasteiger partial charge in [0.1, 0.15) is 5.75 Å². The number of hydrogen-bond acceptors (Lipinski definition) is 9. The SMILES string of the molecule is COc1ccc(C2(OCCCBr)OC(=O)C(c3ccc4c(c3)OCO4)=C2Cc2cc(OC)c(OC)c(OC)c2)cc1. The largest absolute Gasteiger partial charge is 0.497 e. The second-order valence-electron chi connectivity index (χ2n) is 9.26. The van der Waals surface area contributed by atoms with Crippen molar-refractivity contribution >= 4 is 27.5 Å². The number of benzene rings is 3. The quantitative estimate of drug-likeness (QED) is 0.143. The number of rotatable bonds is 12. The van der Waals surface area contributed by atoms with Crippen LogP contribution in [0.3, 0.4) is 0 Å². The number of fused-ring (bicyclic) bond motifs is 1. The lowest BCUT2D eigenvalue weighted by Gasteiger charge is -2.32. The van der Waals surface area contributed by atoms with Gasteiger partial charge >= 0.3 is 5.97 Å². The second-order valence-corrected chi connectivity index (χ2v) is 10.1. The van der Waals surface area contributed by atoms with E-state index in [9.17, 15) is 4.79 Å². The Bertz CT molecular complexity index is 1430. The van der Waals surface area contributed by atoms with Crippen LogP contribution in [0.15, 0.2) is 60.2 Å². The van der Waals surface area contributed by atoms with Crippen LogP contribution >= 0.6 is 15.9 Å². The monoisotopic (exact) mass is 626 g/mol. The van der Waals surface area contributed by atoms with Crippen molar-refractivity contribution in [2.24, 2.45) is 0 Å². The normalized spacial score (nSPS) is 17.4. The summed E-state index contributed by atoms with van der Waals surface area (Å²) >= 11 is 3.47. The van der Waals surface area contributed by atoms with Gasteiger partial charge < -0.3 is 37.9 Å². The minimum atomic E-state index is -1.50.